The summed E-state index contributed by atoms with van der Waals surface area (Å²) in [5.41, 5.74) is 6.49. The number of nitrogens with one attached hydrogen (secondary N) is 2. The predicted molar refractivity (Wildman–Crippen MR) is 122 cm³/mol. The van der Waals surface area contributed by atoms with Gasteiger partial charge in [-0.2, -0.15) is 10.2 Å². The summed E-state index contributed by atoms with van der Waals surface area (Å²) >= 11 is 0. The molecule has 1 saturated carbocycles. The molecule has 32 heavy (non-hydrogen) atoms. The minimum Gasteiger partial charge on any atom is -0.367 e. The lowest BCUT2D eigenvalue weighted by Crippen LogP contribution is -2.63. The van der Waals surface area contributed by atoms with Gasteiger partial charge in [0.15, 0.2) is 5.65 Å². The van der Waals surface area contributed by atoms with Crippen LogP contribution < -0.4 is 10.6 Å². The number of imidazole rings is 1. The highest BCUT2D eigenvalue weighted by atomic mass is 15.3. The Bertz CT molecular complexity index is 1310. The molecule has 0 unspecified atom stereocenters. The number of aryl methyl sites for hydroxylation is 1. The Labute approximate surface area is 186 Å². The Morgan fingerprint density at radius 1 is 1.03 bits per heavy atom. The van der Waals surface area contributed by atoms with Gasteiger partial charge in [0, 0.05) is 36.9 Å². The summed E-state index contributed by atoms with van der Waals surface area (Å²) in [4.78, 5) is 9.47. The van der Waals surface area contributed by atoms with Crippen LogP contribution in [0.2, 0.25) is 0 Å². The second-order valence-corrected chi connectivity index (χ2v) is 9.58. The van der Waals surface area contributed by atoms with Crippen LogP contribution in [0.4, 0.5) is 5.82 Å². The number of anilines is 1. The first-order chi connectivity index (χ1) is 15.8. The number of rotatable bonds is 4. The van der Waals surface area contributed by atoms with E-state index >= 15 is 0 Å². The largest absolute Gasteiger partial charge is 0.367 e. The molecule has 8 nitrogen and oxygen atoms in total. The zero-order valence-electron chi connectivity index (χ0n) is 18.0. The normalized spacial score (nSPS) is 19.5. The highest BCUT2D eigenvalue weighted by molar-refractivity contribution is 5.66. The van der Waals surface area contributed by atoms with Crippen molar-refractivity contribution in [2.24, 2.45) is 5.41 Å². The van der Waals surface area contributed by atoms with Gasteiger partial charge in [0.1, 0.15) is 11.5 Å². The smallest absolute Gasteiger partial charge is 0.154 e. The van der Waals surface area contributed by atoms with E-state index < -0.39 is 0 Å². The molecule has 1 aliphatic carbocycles. The SMILES string of the molecule is c1cc(NC2CC3(CNC3)C2)nc(-c2cnc3ccc(-c4cnn5c4CCCC5)nn23)c1. The molecule has 1 saturated heterocycles. The Balaban J connectivity index is 1.20. The number of hydrogen-bond acceptors (Lipinski definition) is 6. The molecule has 2 fully saturated rings. The van der Waals surface area contributed by atoms with Crippen LogP contribution in [0.3, 0.4) is 0 Å². The maximum atomic E-state index is 4.95. The van der Waals surface area contributed by atoms with Crippen LogP contribution in [0.25, 0.3) is 28.3 Å². The molecule has 0 aromatic carbocycles. The number of hydrogen-bond donors (Lipinski definition) is 2. The quantitative estimate of drug-likeness (QED) is 0.522. The van der Waals surface area contributed by atoms with Crippen molar-refractivity contribution in [2.75, 3.05) is 18.4 Å². The number of fused-ring (bicyclic) bond motifs is 2. The molecule has 0 radical (unpaired) electrons. The Morgan fingerprint density at radius 3 is 2.84 bits per heavy atom. The molecule has 162 valence electrons. The van der Waals surface area contributed by atoms with E-state index in [1.807, 2.05) is 35.1 Å². The Morgan fingerprint density at radius 2 is 1.97 bits per heavy atom. The first-order valence-electron chi connectivity index (χ1n) is 11.6. The van der Waals surface area contributed by atoms with Crippen molar-refractivity contribution in [3.8, 4) is 22.6 Å². The third-order valence-corrected chi connectivity index (χ3v) is 7.34. The van der Waals surface area contributed by atoms with Crippen molar-refractivity contribution in [3.05, 3.63) is 48.4 Å². The van der Waals surface area contributed by atoms with Gasteiger partial charge < -0.3 is 10.6 Å². The van der Waals surface area contributed by atoms with Crippen molar-refractivity contribution in [2.45, 2.75) is 44.7 Å². The van der Waals surface area contributed by atoms with Gasteiger partial charge in [-0.25, -0.2) is 14.5 Å². The van der Waals surface area contributed by atoms with Crippen LogP contribution in [0.5, 0.6) is 0 Å². The lowest BCUT2D eigenvalue weighted by atomic mass is 9.62. The molecule has 0 amide bonds. The summed E-state index contributed by atoms with van der Waals surface area (Å²) in [6, 6.07) is 10.7. The molecule has 2 N–H and O–H groups in total. The van der Waals surface area contributed by atoms with Crippen LogP contribution in [0.1, 0.15) is 31.4 Å². The lowest BCUT2D eigenvalue weighted by molar-refractivity contribution is 0.0469. The topological polar surface area (TPSA) is 85.0 Å². The van der Waals surface area contributed by atoms with Crippen LogP contribution in [0, 0.1) is 5.41 Å². The first-order valence-corrected chi connectivity index (χ1v) is 11.6. The van der Waals surface area contributed by atoms with E-state index in [1.165, 1.54) is 31.4 Å². The second kappa shape index (κ2) is 6.87. The van der Waals surface area contributed by atoms with E-state index in [0.29, 0.717) is 11.5 Å². The average Bonchev–Trinajstić information content (AvgIpc) is 3.38. The maximum Gasteiger partial charge on any atom is 0.154 e. The van der Waals surface area contributed by atoms with Gasteiger partial charge in [0.05, 0.1) is 23.8 Å². The van der Waals surface area contributed by atoms with Gasteiger partial charge >= 0.3 is 0 Å². The predicted octanol–water partition coefficient (Wildman–Crippen LogP) is 3.16. The van der Waals surface area contributed by atoms with E-state index in [1.54, 1.807) is 0 Å². The van der Waals surface area contributed by atoms with Crippen LogP contribution >= 0.6 is 0 Å². The number of nitrogens with zero attached hydrogens (tertiary/aromatic N) is 6. The molecule has 8 heteroatoms. The Kier molecular flexibility index (Phi) is 3.93. The standard InChI is InChI=1S/C24H26N8/c1-2-9-31-20(5-1)17(12-27-31)18-7-8-23-26-13-21(32(23)30-18)19-4-3-6-22(29-19)28-16-10-24(11-16)14-25-15-24/h3-4,6-8,12-13,16,25H,1-2,5,9-11,14-15H2,(H,28,29). The zero-order chi connectivity index (χ0) is 21.1. The molecule has 0 atom stereocenters. The number of pyridine rings is 1. The second-order valence-electron chi connectivity index (χ2n) is 9.58. The van der Waals surface area contributed by atoms with Gasteiger partial charge in [0.2, 0.25) is 0 Å². The summed E-state index contributed by atoms with van der Waals surface area (Å²) < 4.78 is 4.03. The third kappa shape index (κ3) is 2.86. The molecule has 0 bridgehead atoms. The van der Waals surface area contributed by atoms with E-state index in [9.17, 15) is 0 Å². The van der Waals surface area contributed by atoms with E-state index in [0.717, 1.165) is 60.2 Å². The summed E-state index contributed by atoms with van der Waals surface area (Å²) in [5, 5.41) is 16.6. The molecule has 1 spiro atoms. The van der Waals surface area contributed by atoms with Crippen LogP contribution in [-0.2, 0) is 13.0 Å². The lowest BCUT2D eigenvalue weighted by Gasteiger charge is -2.54. The van der Waals surface area contributed by atoms with Crippen molar-refractivity contribution >= 4 is 11.5 Å². The fourth-order valence-electron chi connectivity index (χ4n) is 5.55. The maximum absolute atomic E-state index is 4.95. The van der Waals surface area contributed by atoms with E-state index in [2.05, 4.69) is 37.5 Å². The fourth-order valence-corrected chi connectivity index (χ4v) is 5.55. The first kappa shape index (κ1) is 18.3. The summed E-state index contributed by atoms with van der Waals surface area (Å²) in [7, 11) is 0. The Hall–Kier alpha value is -3.26. The molecule has 6 heterocycles. The molecule has 4 aromatic heterocycles. The molecular weight excluding hydrogens is 400 g/mol. The molecule has 7 rings (SSSR count). The third-order valence-electron chi connectivity index (χ3n) is 7.34. The summed E-state index contributed by atoms with van der Waals surface area (Å²) in [5.74, 6) is 0.923. The molecule has 2 aliphatic heterocycles. The molecule has 4 aromatic rings. The van der Waals surface area contributed by atoms with Gasteiger partial charge in [-0.05, 0) is 61.8 Å². The highest BCUT2D eigenvalue weighted by Gasteiger charge is 2.48. The summed E-state index contributed by atoms with van der Waals surface area (Å²) in [6.45, 7) is 3.32. The minimum absolute atomic E-state index is 0.514. The fraction of sp³-hybridized carbons (Fsp3) is 0.417. The summed E-state index contributed by atoms with van der Waals surface area (Å²) in [6.07, 6.45) is 9.73. The van der Waals surface area contributed by atoms with Crippen molar-refractivity contribution in [1.29, 1.82) is 0 Å². The number of aromatic nitrogens is 6. The van der Waals surface area contributed by atoms with Crippen molar-refractivity contribution in [3.63, 3.8) is 0 Å². The van der Waals surface area contributed by atoms with Gasteiger partial charge in [-0.3, -0.25) is 4.68 Å². The average molecular weight is 427 g/mol. The van der Waals surface area contributed by atoms with Crippen LogP contribution in [-0.4, -0.2) is 48.5 Å². The van der Waals surface area contributed by atoms with E-state index in [4.69, 9.17) is 10.1 Å². The monoisotopic (exact) mass is 426 g/mol. The van der Waals surface area contributed by atoms with Gasteiger partial charge in [-0.1, -0.05) is 6.07 Å². The zero-order valence-corrected chi connectivity index (χ0v) is 18.0. The van der Waals surface area contributed by atoms with Gasteiger partial charge in [-0.15, -0.1) is 0 Å². The van der Waals surface area contributed by atoms with Crippen LogP contribution in [0.15, 0.2) is 42.7 Å². The van der Waals surface area contributed by atoms with E-state index in [-0.39, 0.29) is 0 Å². The van der Waals surface area contributed by atoms with Gasteiger partial charge in [0.25, 0.3) is 0 Å². The van der Waals surface area contributed by atoms with Crippen molar-refractivity contribution in [1.82, 2.24) is 34.7 Å². The highest BCUT2D eigenvalue weighted by Crippen LogP contribution is 2.45. The van der Waals surface area contributed by atoms with Crippen molar-refractivity contribution < 1.29 is 0 Å². The molecule has 3 aliphatic rings. The molecular formula is C24H26N8. The minimum atomic E-state index is 0.514.